The molecule has 0 heterocycles. The third-order valence-corrected chi connectivity index (χ3v) is 3.61. The summed E-state index contributed by atoms with van der Waals surface area (Å²) in [5.41, 5.74) is 12.3. The largest absolute Gasteiger partial charge is 0.369 e. The van der Waals surface area contributed by atoms with Crippen molar-refractivity contribution in [2.75, 3.05) is 19.6 Å². The van der Waals surface area contributed by atoms with Crippen LogP contribution in [-0.4, -0.2) is 30.4 Å². The third-order valence-electron chi connectivity index (χ3n) is 3.08. The van der Waals surface area contributed by atoms with Crippen LogP contribution in [-0.2, 0) is 4.79 Å². The summed E-state index contributed by atoms with van der Waals surface area (Å²) in [7, 11) is 0. The Bertz CT molecular complexity index is 394. The minimum atomic E-state index is -0.313. The number of hydrogen-bond acceptors (Lipinski definition) is 3. The molecule has 0 aromatic heterocycles. The Labute approximate surface area is 123 Å². The molecule has 0 bridgehead atoms. The van der Waals surface area contributed by atoms with Crippen molar-refractivity contribution in [1.29, 1.82) is 0 Å². The van der Waals surface area contributed by atoms with Crippen molar-refractivity contribution in [3.63, 3.8) is 0 Å². The molecule has 4 N–H and O–H groups in total. The van der Waals surface area contributed by atoms with Gasteiger partial charge in [0.15, 0.2) is 0 Å². The van der Waals surface area contributed by atoms with Crippen molar-refractivity contribution in [3.8, 4) is 0 Å². The van der Waals surface area contributed by atoms with Crippen LogP contribution in [0.3, 0.4) is 0 Å². The lowest BCUT2D eigenvalue weighted by atomic mass is 10.0. The lowest BCUT2D eigenvalue weighted by Crippen LogP contribution is -2.40. The van der Waals surface area contributed by atoms with E-state index in [1.165, 1.54) is 0 Å². The summed E-state index contributed by atoms with van der Waals surface area (Å²) >= 11 is 3.42. The Kier molecular flexibility index (Phi) is 7.05. The zero-order valence-electron chi connectivity index (χ0n) is 11.3. The molecular formula is C14H22BrN3O. The lowest BCUT2D eigenvalue weighted by molar-refractivity contribution is -0.119. The van der Waals surface area contributed by atoms with Gasteiger partial charge < -0.3 is 11.5 Å². The van der Waals surface area contributed by atoms with Gasteiger partial charge in [-0.25, -0.2) is 0 Å². The van der Waals surface area contributed by atoms with Crippen LogP contribution in [0.15, 0.2) is 28.7 Å². The number of amides is 1. The molecule has 0 spiro atoms. The highest BCUT2D eigenvalue weighted by molar-refractivity contribution is 9.10. The first-order valence-corrected chi connectivity index (χ1v) is 7.35. The van der Waals surface area contributed by atoms with E-state index in [1.807, 2.05) is 24.3 Å². The van der Waals surface area contributed by atoms with Gasteiger partial charge >= 0.3 is 0 Å². The maximum absolute atomic E-state index is 11.2. The molecule has 0 aliphatic carbocycles. The number of nitrogens with zero attached hydrogens (tertiary/aromatic N) is 1. The van der Waals surface area contributed by atoms with Crippen LogP contribution in [0, 0.1) is 0 Å². The highest BCUT2D eigenvalue weighted by Crippen LogP contribution is 2.22. The smallest absolute Gasteiger partial charge is 0.231 e. The lowest BCUT2D eigenvalue weighted by Gasteiger charge is -2.30. The van der Waals surface area contributed by atoms with Crippen molar-refractivity contribution in [2.24, 2.45) is 11.5 Å². The molecule has 4 nitrogen and oxygen atoms in total. The van der Waals surface area contributed by atoms with Gasteiger partial charge in [0, 0.05) is 17.1 Å². The van der Waals surface area contributed by atoms with Crippen LogP contribution in [0.4, 0.5) is 0 Å². The third kappa shape index (κ3) is 5.30. The SMILES string of the molecule is CCCCN(CC(N)=O)C(CN)c1ccc(Br)cc1. The Hall–Kier alpha value is -0.910. The number of carbonyl (C=O) groups excluding carboxylic acids is 1. The quantitative estimate of drug-likeness (QED) is 0.767. The molecule has 0 aliphatic heterocycles. The summed E-state index contributed by atoms with van der Waals surface area (Å²) in [4.78, 5) is 13.3. The zero-order valence-corrected chi connectivity index (χ0v) is 12.9. The number of primary amides is 1. The molecule has 0 aliphatic rings. The minimum Gasteiger partial charge on any atom is -0.369 e. The highest BCUT2D eigenvalue weighted by atomic mass is 79.9. The van der Waals surface area contributed by atoms with Crippen LogP contribution in [0.1, 0.15) is 31.4 Å². The first-order valence-electron chi connectivity index (χ1n) is 6.56. The second-order valence-electron chi connectivity index (χ2n) is 4.59. The average Bonchev–Trinajstić information content (AvgIpc) is 2.38. The molecule has 1 atom stereocenters. The molecular weight excluding hydrogens is 306 g/mol. The van der Waals surface area contributed by atoms with Crippen LogP contribution in [0.5, 0.6) is 0 Å². The van der Waals surface area contributed by atoms with E-state index in [1.54, 1.807) is 0 Å². The van der Waals surface area contributed by atoms with E-state index in [0.29, 0.717) is 6.54 Å². The summed E-state index contributed by atoms with van der Waals surface area (Å²) in [5.74, 6) is -0.313. The Morgan fingerprint density at radius 3 is 2.47 bits per heavy atom. The van der Waals surface area contributed by atoms with Gasteiger partial charge in [-0.15, -0.1) is 0 Å². The fraction of sp³-hybridized carbons (Fsp3) is 0.500. The van der Waals surface area contributed by atoms with Gasteiger partial charge in [-0.1, -0.05) is 41.4 Å². The van der Waals surface area contributed by atoms with Crippen molar-refractivity contribution >= 4 is 21.8 Å². The number of nitrogens with two attached hydrogens (primary N) is 2. The molecule has 1 aromatic carbocycles. The number of benzene rings is 1. The van der Waals surface area contributed by atoms with Gasteiger partial charge in [0.1, 0.15) is 0 Å². The summed E-state index contributed by atoms with van der Waals surface area (Å²) < 4.78 is 1.03. The number of rotatable bonds is 8. The number of unbranched alkanes of at least 4 members (excludes halogenated alkanes) is 1. The van der Waals surface area contributed by atoms with Crippen LogP contribution in [0.2, 0.25) is 0 Å². The second kappa shape index (κ2) is 8.30. The number of carbonyl (C=O) groups is 1. The number of hydrogen-bond donors (Lipinski definition) is 2. The van der Waals surface area contributed by atoms with Crippen LogP contribution in [0.25, 0.3) is 0 Å². The van der Waals surface area contributed by atoms with Gasteiger partial charge in [-0.2, -0.15) is 0 Å². The van der Waals surface area contributed by atoms with E-state index in [0.717, 1.165) is 29.4 Å². The predicted octanol–water partition coefficient (Wildman–Crippen LogP) is 2.04. The van der Waals surface area contributed by atoms with Gasteiger partial charge in [0.05, 0.1) is 6.54 Å². The molecule has 0 saturated carbocycles. The van der Waals surface area contributed by atoms with E-state index < -0.39 is 0 Å². The number of halogens is 1. The molecule has 106 valence electrons. The van der Waals surface area contributed by atoms with Gasteiger partial charge in [-0.05, 0) is 30.7 Å². The second-order valence-corrected chi connectivity index (χ2v) is 5.51. The molecule has 1 unspecified atom stereocenters. The summed E-state index contributed by atoms with van der Waals surface area (Å²) in [5, 5.41) is 0. The molecule has 19 heavy (non-hydrogen) atoms. The van der Waals surface area contributed by atoms with Gasteiger partial charge in [0.2, 0.25) is 5.91 Å². The normalized spacial score (nSPS) is 12.6. The van der Waals surface area contributed by atoms with Crippen molar-refractivity contribution < 1.29 is 4.79 Å². The molecule has 1 aromatic rings. The molecule has 0 radical (unpaired) electrons. The topological polar surface area (TPSA) is 72.3 Å². The Morgan fingerprint density at radius 2 is 2.00 bits per heavy atom. The van der Waals surface area contributed by atoms with E-state index in [-0.39, 0.29) is 18.5 Å². The summed E-state index contributed by atoms with van der Waals surface area (Å²) in [6.45, 7) is 3.67. The van der Waals surface area contributed by atoms with Gasteiger partial charge in [0.25, 0.3) is 0 Å². The van der Waals surface area contributed by atoms with Crippen LogP contribution >= 0.6 is 15.9 Å². The minimum absolute atomic E-state index is 0.0344. The average molecular weight is 328 g/mol. The first-order chi connectivity index (χ1) is 9.08. The predicted molar refractivity (Wildman–Crippen MR) is 81.6 cm³/mol. The molecule has 1 amide bonds. The summed E-state index contributed by atoms with van der Waals surface area (Å²) in [6.07, 6.45) is 2.10. The van der Waals surface area contributed by atoms with Crippen LogP contribution < -0.4 is 11.5 Å². The van der Waals surface area contributed by atoms with Gasteiger partial charge in [-0.3, -0.25) is 9.69 Å². The standard InChI is InChI=1S/C14H22BrN3O/c1-2-3-8-18(10-14(17)19)13(9-16)11-4-6-12(15)7-5-11/h4-7,13H,2-3,8-10,16H2,1H3,(H2,17,19). The summed E-state index contributed by atoms with van der Waals surface area (Å²) in [6, 6.07) is 8.07. The van der Waals surface area contributed by atoms with E-state index >= 15 is 0 Å². The van der Waals surface area contributed by atoms with E-state index in [4.69, 9.17) is 11.5 Å². The Morgan fingerprint density at radius 1 is 1.37 bits per heavy atom. The molecule has 5 heteroatoms. The molecule has 0 saturated heterocycles. The fourth-order valence-electron chi connectivity index (χ4n) is 2.09. The zero-order chi connectivity index (χ0) is 14.3. The van der Waals surface area contributed by atoms with Crippen molar-refractivity contribution in [2.45, 2.75) is 25.8 Å². The monoisotopic (exact) mass is 327 g/mol. The van der Waals surface area contributed by atoms with Crippen molar-refractivity contribution in [3.05, 3.63) is 34.3 Å². The first kappa shape index (κ1) is 16.1. The maximum atomic E-state index is 11.2. The molecule has 1 rings (SSSR count). The highest BCUT2D eigenvalue weighted by Gasteiger charge is 2.20. The van der Waals surface area contributed by atoms with E-state index in [2.05, 4.69) is 27.8 Å². The van der Waals surface area contributed by atoms with E-state index in [9.17, 15) is 4.79 Å². The maximum Gasteiger partial charge on any atom is 0.231 e. The molecule has 0 fully saturated rings. The van der Waals surface area contributed by atoms with Crippen molar-refractivity contribution in [1.82, 2.24) is 4.90 Å². The fourth-order valence-corrected chi connectivity index (χ4v) is 2.35. The Balaban J connectivity index is 2.87.